The van der Waals surface area contributed by atoms with Crippen LogP contribution in [0.2, 0.25) is 0 Å². The zero-order chi connectivity index (χ0) is 39.9. The number of methoxy groups -OCH3 is 2. The molecule has 0 bridgehead atoms. The fourth-order valence-electron chi connectivity index (χ4n) is 8.56. The summed E-state index contributed by atoms with van der Waals surface area (Å²) in [5.74, 6) is -2.89. The van der Waals surface area contributed by atoms with Crippen LogP contribution in [-0.4, -0.2) is 121 Å². The lowest BCUT2D eigenvalue weighted by Gasteiger charge is -2.41. The summed E-state index contributed by atoms with van der Waals surface area (Å²) in [7, 11) is 4.88. The number of hydroxylamine groups is 1. The second-order valence-corrected chi connectivity index (χ2v) is 16.1. The Kier molecular flexibility index (Phi) is 18.7. The summed E-state index contributed by atoms with van der Waals surface area (Å²) >= 11 is 0. The van der Waals surface area contributed by atoms with E-state index in [1.165, 1.54) is 13.5 Å². The molecule has 2 heterocycles. The predicted molar refractivity (Wildman–Crippen MR) is 208 cm³/mol. The van der Waals surface area contributed by atoms with Crippen LogP contribution in [0.4, 0.5) is 0 Å². The lowest BCUT2D eigenvalue weighted by atomic mass is 9.85. The molecule has 54 heavy (non-hydrogen) atoms. The number of rotatable bonds is 22. The van der Waals surface area contributed by atoms with Gasteiger partial charge < -0.3 is 19.3 Å². The fraction of sp³-hybridized carbons (Fsp3) is 0.738. The third-order valence-electron chi connectivity index (χ3n) is 12.0. The van der Waals surface area contributed by atoms with Crippen molar-refractivity contribution in [2.75, 3.05) is 47.4 Å². The summed E-state index contributed by atoms with van der Waals surface area (Å²) in [5, 5.41) is 9.42. The molecule has 2 aliphatic heterocycles. The van der Waals surface area contributed by atoms with E-state index in [0.717, 1.165) is 44.3 Å². The molecule has 304 valence electrons. The molecule has 12 heteroatoms. The van der Waals surface area contributed by atoms with Crippen LogP contribution in [0.15, 0.2) is 30.3 Å². The van der Waals surface area contributed by atoms with Crippen LogP contribution in [0.3, 0.4) is 0 Å². The van der Waals surface area contributed by atoms with Crippen molar-refractivity contribution in [1.82, 2.24) is 20.2 Å². The van der Waals surface area contributed by atoms with Crippen molar-refractivity contribution >= 4 is 29.3 Å². The van der Waals surface area contributed by atoms with Crippen LogP contribution in [0, 0.1) is 29.6 Å². The van der Waals surface area contributed by atoms with Gasteiger partial charge in [0.15, 0.2) is 0 Å². The Morgan fingerprint density at radius 3 is 2.15 bits per heavy atom. The molecule has 3 rings (SSSR count). The molecule has 1 aromatic rings. The summed E-state index contributed by atoms with van der Waals surface area (Å²) < 4.78 is 12.0. The number of piperidine rings is 1. The largest absolute Gasteiger partial charge is 0.379 e. The van der Waals surface area contributed by atoms with Crippen LogP contribution in [0.25, 0.3) is 0 Å². The van der Waals surface area contributed by atoms with Crippen molar-refractivity contribution in [2.24, 2.45) is 29.6 Å². The van der Waals surface area contributed by atoms with E-state index >= 15 is 0 Å². The van der Waals surface area contributed by atoms with Crippen LogP contribution in [0.5, 0.6) is 0 Å². The van der Waals surface area contributed by atoms with E-state index in [1.807, 2.05) is 44.2 Å². The van der Waals surface area contributed by atoms with Crippen molar-refractivity contribution in [2.45, 2.75) is 123 Å². The van der Waals surface area contributed by atoms with Crippen molar-refractivity contribution < 1.29 is 38.7 Å². The minimum absolute atomic E-state index is 0.00672. The highest BCUT2D eigenvalue weighted by Crippen LogP contribution is 2.31. The topological polar surface area (TPSA) is 146 Å². The van der Waals surface area contributed by atoms with E-state index in [4.69, 9.17) is 9.47 Å². The number of ether oxygens (including phenoxy) is 2. The molecule has 2 saturated heterocycles. The van der Waals surface area contributed by atoms with Gasteiger partial charge in [0.25, 0.3) is 0 Å². The highest BCUT2D eigenvalue weighted by molar-refractivity contribution is 5.89. The van der Waals surface area contributed by atoms with Gasteiger partial charge in [-0.25, -0.2) is 5.48 Å². The molecular weight excluding hydrogens is 688 g/mol. The molecule has 0 radical (unpaired) electrons. The number of amides is 3. The van der Waals surface area contributed by atoms with Crippen molar-refractivity contribution in [3.8, 4) is 0 Å². The highest BCUT2D eigenvalue weighted by atomic mass is 16.5. The van der Waals surface area contributed by atoms with Crippen molar-refractivity contribution in [1.29, 1.82) is 0 Å². The van der Waals surface area contributed by atoms with Gasteiger partial charge >= 0.3 is 0 Å². The van der Waals surface area contributed by atoms with Gasteiger partial charge in [-0.2, -0.15) is 0 Å². The van der Waals surface area contributed by atoms with E-state index in [9.17, 15) is 29.2 Å². The highest BCUT2D eigenvalue weighted by Gasteiger charge is 2.43. The number of benzene rings is 1. The maximum Gasteiger partial charge on any atom is 0.247 e. The van der Waals surface area contributed by atoms with E-state index in [2.05, 4.69) is 18.7 Å². The molecule has 0 unspecified atom stereocenters. The summed E-state index contributed by atoms with van der Waals surface area (Å²) in [6.07, 6.45) is 4.74. The Labute approximate surface area is 323 Å². The van der Waals surface area contributed by atoms with Gasteiger partial charge in [0.1, 0.15) is 11.6 Å². The van der Waals surface area contributed by atoms with Crippen LogP contribution in [-0.2, 0) is 39.9 Å². The minimum atomic E-state index is -0.770. The smallest absolute Gasteiger partial charge is 0.247 e. The molecule has 2 aliphatic rings. The van der Waals surface area contributed by atoms with E-state index < -0.39 is 41.9 Å². The molecule has 1 aromatic carbocycles. The predicted octanol–water partition coefficient (Wildman–Crippen LogP) is 4.95. The number of Topliss-reactive ketones (excluding diaryl/α,β-unsaturated/α-hetero) is 2. The van der Waals surface area contributed by atoms with Gasteiger partial charge in [-0.1, -0.05) is 77.8 Å². The standard InChI is InChI=1S/C42H68N4O8/c1-9-29(4)39(44(6)42(51)34(28(2)3)25-33(47)27-45-20-14-11-15-21-45)37(53-7)26-38(49)46-22-16-19-35(46)40(54-8)30(5)36(48)24-32(41(50)43-52)23-31-17-12-10-13-18-31/h10,12-13,17-18,28-30,32,34-35,37,39-40,52H,9,11,14-16,19-27H2,1-8H3,(H,43,50)/t29-,30-,32+,34-,35-,37+,39-,40+/m0/s1. The summed E-state index contributed by atoms with van der Waals surface area (Å²) in [6, 6.07) is 8.57. The molecule has 3 amide bonds. The van der Waals surface area contributed by atoms with Crippen molar-refractivity contribution in [3.05, 3.63) is 35.9 Å². The normalized spacial score (nSPS) is 20.4. The second kappa shape index (κ2) is 22.4. The van der Waals surface area contributed by atoms with Gasteiger partial charge in [-0.3, -0.25) is 34.1 Å². The first-order valence-electron chi connectivity index (χ1n) is 20.1. The summed E-state index contributed by atoms with van der Waals surface area (Å²) in [5.41, 5.74) is 2.59. The fourth-order valence-corrected chi connectivity index (χ4v) is 8.56. The molecular formula is C42H68N4O8. The molecule has 2 N–H and O–H groups in total. The number of nitrogens with one attached hydrogen (secondary N) is 1. The van der Waals surface area contributed by atoms with Crippen LogP contribution < -0.4 is 5.48 Å². The number of hydrogen-bond donors (Lipinski definition) is 2. The maximum absolute atomic E-state index is 14.2. The van der Waals surface area contributed by atoms with E-state index in [1.54, 1.807) is 36.4 Å². The average molecular weight is 757 g/mol. The molecule has 0 saturated carbocycles. The van der Waals surface area contributed by atoms with Gasteiger partial charge in [-0.15, -0.1) is 0 Å². The maximum atomic E-state index is 14.2. The quantitative estimate of drug-likeness (QED) is 0.124. The zero-order valence-electron chi connectivity index (χ0n) is 34.1. The third kappa shape index (κ3) is 12.4. The number of carbonyl (C=O) groups is 5. The van der Waals surface area contributed by atoms with Crippen molar-refractivity contribution in [3.63, 3.8) is 0 Å². The lowest BCUT2D eigenvalue weighted by Crippen LogP contribution is -2.54. The number of likely N-dealkylation sites (N-methyl/N-ethyl adjacent to an activating group) is 1. The lowest BCUT2D eigenvalue weighted by molar-refractivity contribution is -0.149. The number of likely N-dealkylation sites (tertiary alicyclic amines) is 2. The molecule has 0 aromatic heterocycles. The molecule has 2 fully saturated rings. The van der Waals surface area contributed by atoms with E-state index in [-0.39, 0.29) is 66.9 Å². The SMILES string of the molecule is CC[C@H](C)[C@@H]([C@@H](CC(=O)N1CCC[C@H]1[C@H](OC)[C@@H](C)C(=O)C[C@@H](Cc1ccccc1)C(=O)NO)OC)N(C)C(=O)[C@@H](CC(=O)CN1CCCCC1)C(C)C. The molecule has 12 nitrogen and oxygen atoms in total. The summed E-state index contributed by atoms with van der Waals surface area (Å²) in [4.78, 5) is 73.6. The van der Waals surface area contributed by atoms with Gasteiger partial charge in [0.05, 0.1) is 43.2 Å². The Morgan fingerprint density at radius 2 is 1.57 bits per heavy atom. The minimum Gasteiger partial charge on any atom is -0.379 e. The average Bonchev–Trinajstić information content (AvgIpc) is 3.66. The number of nitrogens with zero attached hydrogens (tertiary/aromatic N) is 3. The summed E-state index contributed by atoms with van der Waals surface area (Å²) in [6.45, 7) is 12.6. The van der Waals surface area contributed by atoms with Gasteiger partial charge in [0, 0.05) is 52.5 Å². The van der Waals surface area contributed by atoms with E-state index in [0.29, 0.717) is 19.5 Å². The first kappa shape index (κ1) is 45.2. The van der Waals surface area contributed by atoms with Crippen LogP contribution in [0.1, 0.15) is 98.0 Å². The first-order chi connectivity index (χ1) is 25.8. The van der Waals surface area contributed by atoms with Gasteiger partial charge in [0.2, 0.25) is 17.7 Å². The number of ketones is 2. The zero-order valence-corrected chi connectivity index (χ0v) is 34.1. The Balaban J connectivity index is 1.74. The second-order valence-electron chi connectivity index (χ2n) is 16.1. The monoisotopic (exact) mass is 757 g/mol. The third-order valence-corrected chi connectivity index (χ3v) is 12.0. The number of carbonyl (C=O) groups excluding carboxylic acids is 5. The molecule has 0 aliphatic carbocycles. The molecule has 8 atom stereocenters. The first-order valence-corrected chi connectivity index (χ1v) is 20.1. The van der Waals surface area contributed by atoms with Gasteiger partial charge in [-0.05, 0) is 62.6 Å². The Hall–Kier alpha value is -3.19. The Morgan fingerprint density at radius 1 is 0.907 bits per heavy atom. The molecule has 0 spiro atoms. The Bertz CT molecular complexity index is 1350. The number of hydrogen-bond acceptors (Lipinski definition) is 9. The van der Waals surface area contributed by atoms with Crippen LogP contribution >= 0.6 is 0 Å².